The van der Waals surface area contributed by atoms with Gasteiger partial charge in [0.15, 0.2) is 11.5 Å². The molecule has 0 fully saturated rings. The van der Waals surface area contributed by atoms with Crippen LogP contribution in [0.3, 0.4) is 0 Å². The lowest BCUT2D eigenvalue weighted by Gasteiger charge is -2.05. The number of hydrogen-bond donors (Lipinski definition) is 1. The zero-order valence-corrected chi connectivity index (χ0v) is 14.1. The standard InChI is InChI=1S/C22H16O4/c1-25-19-8-4-7-17(21(19)23)12-18-13-20(26-22(18)24)16-10-9-14-5-2-3-6-15(14)11-16/h2-13,23H,1H3/b18-12-. The number of carbonyl (C=O) groups is 1. The molecule has 0 spiro atoms. The number of fused-ring (bicyclic) bond motifs is 1. The molecular formula is C22H16O4. The maximum atomic E-state index is 12.2. The summed E-state index contributed by atoms with van der Waals surface area (Å²) >= 11 is 0. The van der Waals surface area contributed by atoms with Crippen LogP contribution in [-0.4, -0.2) is 18.2 Å². The Morgan fingerprint density at radius 2 is 1.81 bits per heavy atom. The highest BCUT2D eigenvalue weighted by Crippen LogP contribution is 2.34. The highest BCUT2D eigenvalue weighted by atomic mass is 16.5. The number of hydrogen-bond acceptors (Lipinski definition) is 4. The van der Waals surface area contributed by atoms with Crippen molar-refractivity contribution in [2.24, 2.45) is 0 Å². The van der Waals surface area contributed by atoms with Crippen molar-refractivity contribution in [3.05, 3.63) is 83.4 Å². The fourth-order valence-electron chi connectivity index (χ4n) is 2.96. The van der Waals surface area contributed by atoms with E-state index in [1.54, 1.807) is 30.4 Å². The van der Waals surface area contributed by atoms with Gasteiger partial charge in [-0.3, -0.25) is 0 Å². The lowest BCUT2D eigenvalue weighted by Crippen LogP contribution is -1.97. The first-order chi connectivity index (χ1) is 12.7. The monoisotopic (exact) mass is 344 g/mol. The molecule has 0 amide bonds. The van der Waals surface area contributed by atoms with E-state index >= 15 is 0 Å². The molecule has 128 valence electrons. The first-order valence-electron chi connectivity index (χ1n) is 8.16. The molecule has 0 aromatic heterocycles. The van der Waals surface area contributed by atoms with Gasteiger partial charge in [0.25, 0.3) is 0 Å². The van der Waals surface area contributed by atoms with Crippen molar-refractivity contribution in [3.8, 4) is 11.5 Å². The summed E-state index contributed by atoms with van der Waals surface area (Å²) in [5, 5.41) is 12.4. The largest absolute Gasteiger partial charge is 0.504 e. The molecule has 26 heavy (non-hydrogen) atoms. The Hall–Kier alpha value is -3.53. The van der Waals surface area contributed by atoms with E-state index in [0.717, 1.165) is 16.3 Å². The number of rotatable bonds is 3. The molecule has 0 saturated heterocycles. The van der Waals surface area contributed by atoms with Gasteiger partial charge in [0.1, 0.15) is 5.76 Å². The Morgan fingerprint density at radius 1 is 1.00 bits per heavy atom. The lowest BCUT2D eigenvalue weighted by molar-refractivity contribution is -0.130. The predicted octanol–water partition coefficient (Wildman–Crippen LogP) is 4.54. The van der Waals surface area contributed by atoms with Gasteiger partial charge in [-0.25, -0.2) is 4.79 Å². The molecule has 3 aromatic rings. The lowest BCUT2D eigenvalue weighted by atomic mass is 10.0. The quantitative estimate of drug-likeness (QED) is 0.560. The van der Waals surface area contributed by atoms with E-state index in [9.17, 15) is 9.90 Å². The van der Waals surface area contributed by atoms with Gasteiger partial charge in [-0.2, -0.15) is 0 Å². The van der Waals surface area contributed by atoms with Gasteiger partial charge in [0.05, 0.1) is 12.7 Å². The fraction of sp³-hybridized carbons (Fsp3) is 0.0455. The van der Waals surface area contributed by atoms with Gasteiger partial charge >= 0.3 is 5.97 Å². The summed E-state index contributed by atoms with van der Waals surface area (Å²) in [5.41, 5.74) is 1.69. The highest BCUT2D eigenvalue weighted by molar-refractivity contribution is 6.05. The van der Waals surface area contributed by atoms with E-state index < -0.39 is 5.97 Å². The molecule has 4 heteroatoms. The van der Waals surface area contributed by atoms with E-state index in [-0.39, 0.29) is 5.75 Å². The number of aromatic hydroxyl groups is 1. The van der Waals surface area contributed by atoms with E-state index in [2.05, 4.69) is 0 Å². The molecule has 0 bridgehead atoms. The minimum Gasteiger partial charge on any atom is -0.504 e. The molecule has 1 aliphatic heterocycles. The van der Waals surface area contributed by atoms with Gasteiger partial charge in [-0.05, 0) is 35.1 Å². The van der Waals surface area contributed by atoms with Crippen molar-refractivity contribution in [2.75, 3.05) is 7.11 Å². The zero-order chi connectivity index (χ0) is 18.1. The number of para-hydroxylation sites is 1. The summed E-state index contributed by atoms with van der Waals surface area (Å²) in [4.78, 5) is 12.2. The van der Waals surface area contributed by atoms with Crippen molar-refractivity contribution in [1.29, 1.82) is 0 Å². The van der Waals surface area contributed by atoms with Crippen LogP contribution >= 0.6 is 0 Å². The molecule has 4 nitrogen and oxygen atoms in total. The second kappa shape index (κ2) is 6.41. The third-order valence-corrected chi connectivity index (χ3v) is 4.32. The van der Waals surface area contributed by atoms with Crippen LogP contribution in [0.1, 0.15) is 11.1 Å². The van der Waals surface area contributed by atoms with Crippen LogP contribution in [0.2, 0.25) is 0 Å². The first-order valence-corrected chi connectivity index (χ1v) is 8.16. The summed E-state index contributed by atoms with van der Waals surface area (Å²) in [7, 11) is 1.48. The summed E-state index contributed by atoms with van der Waals surface area (Å²) in [5.74, 6) is 0.386. The Kier molecular flexibility index (Phi) is 3.93. The maximum Gasteiger partial charge on any atom is 0.343 e. The average Bonchev–Trinajstić information content (AvgIpc) is 3.03. The molecule has 0 aliphatic carbocycles. The number of methoxy groups -OCH3 is 1. The Balaban J connectivity index is 1.73. The van der Waals surface area contributed by atoms with Crippen LogP contribution in [0.15, 0.2) is 72.3 Å². The summed E-state index contributed by atoms with van der Waals surface area (Å²) in [6.45, 7) is 0. The van der Waals surface area contributed by atoms with E-state index in [4.69, 9.17) is 9.47 Å². The Labute approximate surface area is 150 Å². The molecule has 0 atom stereocenters. The van der Waals surface area contributed by atoms with Crippen molar-refractivity contribution < 1.29 is 19.4 Å². The van der Waals surface area contributed by atoms with Crippen molar-refractivity contribution in [3.63, 3.8) is 0 Å². The van der Waals surface area contributed by atoms with Crippen LogP contribution in [0, 0.1) is 0 Å². The molecule has 1 N–H and O–H groups in total. The van der Waals surface area contributed by atoms with Crippen molar-refractivity contribution in [1.82, 2.24) is 0 Å². The predicted molar refractivity (Wildman–Crippen MR) is 101 cm³/mol. The van der Waals surface area contributed by atoms with Crippen LogP contribution in [0.4, 0.5) is 0 Å². The third-order valence-electron chi connectivity index (χ3n) is 4.32. The van der Waals surface area contributed by atoms with E-state index in [0.29, 0.717) is 22.6 Å². The minimum absolute atomic E-state index is 0.0112. The van der Waals surface area contributed by atoms with Crippen molar-refractivity contribution >= 4 is 28.6 Å². The molecular weight excluding hydrogens is 328 g/mol. The SMILES string of the molecule is COc1cccc(/C=C2/C=C(c3ccc4ccccc4c3)OC2=O)c1O. The molecule has 3 aromatic carbocycles. The summed E-state index contributed by atoms with van der Waals surface area (Å²) in [6.07, 6.45) is 3.28. The third kappa shape index (κ3) is 2.82. The Morgan fingerprint density at radius 3 is 2.62 bits per heavy atom. The number of carbonyl (C=O) groups excluding carboxylic acids is 1. The normalized spacial score (nSPS) is 15.2. The number of esters is 1. The number of phenolic OH excluding ortho intramolecular Hbond substituents is 1. The average molecular weight is 344 g/mol. The summed E-state index contributed by atoms with van der Waals surface area (Å²) < 4.78 is 10.5. The second-order valence-electron chi connectivity index (χ2n) is 5.96. The number of phenols is 1. The molecule has 0 unspecified atom stereocenters. The molecule has 4 rings (SSSR count). The Bertz CT molecular complexity index is 1080. The molecule has 1 aliphatic rings. The highest BCUT2D eigenvalue weighted by Gasteiger charge is 2.22. The summed E-state index contributed by atoms with van der Waals surface area (Å²) in [6, 6.07) is 19.0. The van der Waals surface area contributed by atoms with Crippen LogP contribution < -0.4 is 4.74 Å². The molecule has 0 saturated carbocycles. The second-order valence-corrected chi connectivity index (χ2v) is 5.96. The molecule has 1 heterocycles. The van der Waals surface area contributed by atoms with Gasteiger partial charge in [-0.1, -0.05) is 48.5 Å². The fourth-order valence-corrected chi connectivity index (χ4v) is 2.96. The van der Waals surface area contributed by atoms with E-state index in [1.807, 2.05) is 42.5 Å². The van der Waals surface area contributed by atoms with Crippen LogP contribution in [0.5, 0.6) is 11.5 Å². The number of ether oxygens (including phenoxy) is 2. The number of benzene rings is 3. The zero-order valence-electron chi connectivity index (χ0n) is 14.1. The van der Waals surface area contributed by atoms with Gasteiger partial charge in [-0.15, -0.1) is 0 Å². The van der Waals surface area contributed by atoms with Crippen LogP contribution in [0.25, 0.3) is 22.6 Å². The smallest absolute Gasteiger partial charge is 0.343 e. The van der Waals surface area contributed by atoms with Gasteiger partial charge < -0.3 is 14.6 Å². The van der Waals surface area contributed by atoms with Crippen molar-refractivity contribution in [2.45, 2.75) is 0 Å². The minimum atomic E-state index is -0.449. The van der Waals surface area contributed by atoms with E-state index in [1.165, 1.54) is 7.11 Å². The molecule has 0 radical (unpaired) electrons. The first kappa shape index (κ1) is 16.0. The van der Waals surface area contributed by atoms with Crippen LogP contribution in [-0.2, 0) is 9.53 Å². The van der Waals surface area contributed by atoms with Gasteiger partial charge in [0, 0.05) is 11.1 Å². The topological polar surface area (TPSA) is 55.8 Å². The van der Waals surface area contributed by atoms with Gasteiger partial charge in [0.2, 0.25) is 0 Å². The number of cyclic esters (lactones) is 1. The maximum absolute atomic E-state index is 12.2.